The van der Waals surface area contributed by atoms with Gasteiger partial charge in [-0.3, -0.25) is 24.5 Å². The van der Waals surface area contributed by atoms with Gasteiger partial charge in [0.25, 0.3) is 11.6 Å². The van der Waals surface area contributed by atoms with E-state index < -0.39 is 45.6 Å². The van der Waals surface area contributed by atoms with Crippen molar-refractivity contribution in [3.63, 3.8) is 0 Å². The summed E-state index contributed by atoms with van der Waals surface area (Å²) in [5, 5.41) is 13.6. The summed E-state index contributed by atoms with van der Waals surface area (Å²) in [6, 6.07) is 40.4. The van der Waals surface area contributed by atoms with Crippen LogP contribution in [0.25, 0.3) is 0 Å². The first-order valence-electron chi connectivity index (χ1n) is 14.9. The van der Waals surface area contributed by atoms with Gasteiger partial charge in [0.05, 0.1) is 22.2 Å². The number of carbonyl (C=O) groups is 2. The summed E-state index contributed by atoms with van der Waals surface area (Å²) < 4.78 is 0. The van der Waals surface area contributed by atoms with E-state index in [1.807, 2.05) is 97.1 Å². The molecule has 5 aromatic rings. The van der Waals surface area contributed by atoms with Crippen molar-refractivity contribution in [1.29, 1.82) is 0 Å². The molecule has 3 atom stereocenters. The first-order chi connectivity index (χ1) is 22.0. The van der Waals surface area contributed by atoms with Gasteiger partial charge in [-0.2, -0.15) is 0 Å². The second kappa shape index (κ2) is 8.97. The number of carbonyl (C=O) groups excluding carboxylic acids is 2. The highest BCUT2D eigenvalue weighted by Crippen LogP contribution is 2.77. The van der Waals surface area contributed by atoms with Crippen LogP contribution in [0.4, 0.5) is 17.1 Å². The van der Waals surface area contributed by atoms with Crippen LogP contribution in [0.3, 0.4) is 0 Å². The van der Waals surface area contributed by atoms with Gasteiger partial charge in [0.2, 0.25) is 11.5 Å². The zero-order valence-electron chi connectivity index (χ0n) is 23.8. The number of hydrogen-bond acceptors (Lipinski definition) is 6. The predicted molar refractivity (Wildman–Crippen MR) is 167 cm³/mol. The van der Waals surface area contributed by atoms with Crippen molar-refractivity contribution in [2.45, 2.75) is 23.5 Å². The monoisotopic (exact) mass is 591 g/mol. The largest absolute Gasteiger partial charge is 0.273 e. The first kappa shape index (κ1) is 25.9. The molecule has 5 aromatic carbocycles. The van der Waals surface area contributed by atoms with Crippen LogP contribution in [0.2, 0.25) is 0 Å². The SMILES string of the molecule is O=C1N(c2cccc([N+](=O)[O-])c2)C(=O)C23C4c5ccccc5C(c5ccccc54)C12ON(c1ccccc1)C3c1ccccc1. The Balaban J connectivity index is 1.42. The van der Waals surface area contributed by atoms with E-state index >= 15 is 9.59 Å². The van der Waals surface area contributed by atoms with E-state index in [-0.39, 0.29) is 11.4 Å². The molecule has 2 amide bonds. The van der Waals surface area contributed by atoms with Crippen molar-refractivity contribution >= 4 is 28.9 Å². The van der Waals surface area contributed by atoms with Gasteiger partial charge >= 0.3 is 0 Å². The average Bonchev–Trinajstić information content (AvgIpc) is 3.52. The molecule has 0 aromatic heterocycles. The summed E-state index contributed by atoms with van der Waals surface area (Å²) in [7, 11) is 0. The second-order valence-electron chi connectivity index (χ2n) is 12.0. The van der Waals surface area contributed by atoms with Crippen molar-refractivity contribution in [1.82, 2.24) is 0 Å². The first-order valence-corrected chi connectivity index (χ1v) is 14.9. The summed E-state index contributed by atoms with van der Waals surface area (Å²) in [6.45, 7) is 0. The van der Waals surface area contributed by atoms with Gasteiger partial charge in [0, 0.05) is 18.1 Å². The Labute approximate surface area is 258 Å². The van der Waals surface area contributed by atoms with Crippen molar-refractivity contribution in [3.8, 4) is 0 Å². The molecule has 0 spiro atoms. The molecule has 2 bridgehead atoms. The molecule has 8 nitrogen and oxygen atoms in total. The molecule has 45 heavy (non-hydrogen) atoms. The lowest BCUT2D eigenvalue weighted by atomic mass is 9.43. The fraction of sp³-hybridized carbons (Fsp3) is 0.135. The smallest absolute Gasteiger partial charge is 0.271 e. The summed E-state index contributed by atoms with van der Waals surface area (Å²) in [6.07, 6.45) is 0. The van der Waals surface area contributed by atoms with Gasteiger partial charge in [0.1, 0.15) is 11.5 Å². The number of para-hydroxylation sites is 1. The fourth-order valence-electron chi connectivity index (χ4n) is 8.64. The van der Waals surface area contributed by atoms with Crippen LogP contribution in [0.15, 0.2) is 133 Å². The Morgan fingerprint density at radius 1 is 0.622 bits per heavy atom. The molecule has 3 aliphatic carbocycles. The molecule has 0 saturated carbocycles. The zero-order valence-corrected chi connectivity index (χ0v) is 23.8. The molecule has 2 saturated heterocycles. The normalized spacial score (nSPS) is 27.2. The number of benzene rings is 5. The molecule has 0 N–H and O–H groups in total. The molecule has 2 fully saturated rings. The Morgan fingerprint density at radius 3 is 1.76 bits per heavy atom. The van der Waals surface area contributed by atoms with Gasteiger partial charge in [0.15, 0.2) is 0 Å². The number of anilines is 2. The topological polar surface area (TPSA) is 93.0 Å². The maximum absolute atomic E-state index is 15.6. The van der Waals surface area contributed by atoms with Crippen LogP contribution >= 0.6 is 0 Å². The van der Waals surface area contributed by atoms with Crippen LogP contribution in [0.5, 0.6) is 0 Å². The summed E-state index contributed by atoms with van der Waals surface area (Å²) in [5.74, 6) is -2.12. The Morgan fingerprint density at radius 2 is 1.16 bits per heavy atom. The Bertz CT molecular complexity index is 2020. The number of nitro groups is 1. The minimum Gasteiger partial charge on any atom is -0.273 e. The van der Waals surface area contributed by atoms with Gasteiger partial charge in [-0.15, -0.1) is 0 Å². The lowest BCUT2D eigenvalue weighted by Crippen LogP contribution is -2.63. The molecule has 5 aliphatic rings. The lowest BCUT2D eigenvalue weighted by molar-refractivity contribution is -0.384. The second-order valence-corrected chi connectivity index (χ2v) is 12.0. The van der Waals surface area contributed by atoms with E-state index in [4.69, 9.17) is 4.84 Å². The molecular weight excluding hydrogens is 566 g/mol. The molecule has 218 valence electrons. The van der Waals surface area contributed by atoms with E-state index in [0.717, 1.165) is 38.4 Å². The van der Waals surface area contributed by atoms with Gasteiger partial charge < -0.3 is 0 Å². The standard InChI is InChI=1S/C37H25N3O5/c41-34-36-31-27-18-7-9-20-29(27)32(30-21-10-8-19-28(30)31)37(36,35(42)38(34)25-16-11-17-26(22-25)40(43)44)45-39(24-14-5-2-6-15-24)33(36)23-12-3-1-4-13-23/h1-22,31-33H. The Hall–Kier alpha value is -5.60. The highest BCUT2D eigenvalue weighted by atomic mass is 16.7. The highest BCUT2D eigenvalue weighted by Gasteiger charge is 2.87. The molecule has 8 heteroatoms. The molecule has 2 heterocycles. The van der Waals surface area contributed by atoms with Gasteiger partial charge in [-0.05, 0) is 46.0 Å². The fourth-order valence-corrected chi connectivity index (χ4v) is 8.64. The quantitative estimate of drug-likeness (QED) is 0.132. The van der Waals surface area contributed by atoms with Crippen molar-refractivity contribution in [2.75, 3.05) is 9.96 Å². The maximum Gasteiger partial charge on any atom is 0.271 e. The van der Waals surface area contributed by atoms with E-state index in [9.17, 15) is 10.1 Å². The van der Waals surface area contributed by atoms with Crippen LogP contribution in [-0.4, -0.2) is 22.3 Å². The number of amides is 2. The van der Waals surface area contributed by atoms with Gasteiger partial charge in [-0.25, -0.2) is 9.96 Å². The highest BCUT2D eigenvalue weighted by molar-refractivity contribution is 6.29. The van der Waals surface area contributed by atoms with E-state index in [1.54, 1.807) is 11.1 Å². The number of hydroxylamine groups is 1. The predicted octanol–water partition coefficient (Wildman–Crippen LogP) is 6.68. The molecular formula is C37H25N3O5. The van der Waals surface area contributed by atoms with E-state index in [1.165, 1.54) is 18.2 Å². The summed E-state index contributed by atoms with van der Waals surface area (Å²) in [5.41, 5.74) is 2.21. The van der Waals surface area contributed by atoms with Crippen LogP contribution in [-0.2, 0) is 14.4 Å². The Kier molecular flexibility index (Phi) is 5.15. The number of nitrogens with zero attached hydrogens (tertiary/aromatic N) is 3. The third kappa shape index (κ3) is 2.99. The number of rotatable bonds is 4. The zero-order chi connectivity index (χ0) is 30.5. The minimum absolute atomic E-state index is 0.156. The third-order valence-electron chi connectivity index (χ3n) is 10.1. The van der Waals surface area contributed by atoms with Crippen LogP contribution < -0.4 is 9.96 Å². The maximum atomic E-state index is 15.6. The number of non-ortho nitro benzene ring substituents is 1. The number of hydrogen-bond donors (Lipinski definition) is 0. The van der Waals surface area contributed by atoms with Crippen LogP contribution in [0, 0.1) is 15.5 Å². The molecule has 10 rings (SSSR count). The van der Waals surface area contributed by atoms with Crippen molar-refractivity contribution < 1.29 is 19.3 Å². The molecule has 2 aliphatic heterocycles. The number of imide groups is 1. The number of nitro benzene ring substituents is 1. The lowest BCUT2D eigenvalue weighted by Gasteiger charge is -2.55. The van der Waals surface area contributed by atoms with Crippen molar-refractivity contribution in [3.05, 3.63) is 171 Å². The molecule has 0 radical (unpaired) electrons. The molecule has 3 unspecified atom stereocenters. The summed E-state index contributed by atoms with van der Waals surface area (Å²) in [4.78, 5) is 50.6. The average molecular weight is 592 g/mol. The third-order valence-corrected chi connectivity index (χ3v) is 10.1. The summed E-state index contributed by atoms with van der Waals surface area (Å²) >= 11 is 0. The van der Waals surface area contributed by atoms with Crippen LogP contribution in [0.1, 0.15) is 45.7 Å². The van der Waals surface area contributed by atoms with E-state index in [0.29, 0.717) is 0 Å². The van der Waals surface area contributed by atoms with Gasteiger partial charge in [-0.1, -0.05) is 103 Å². The van der Waals surface area contributed by atoms with Crippen molar-refractivity contribution in [2.24, 2.45) is 5.41 Å². The van der Waals surface area contributed by atoms with E-state index in [2.05, 4.69) is 12.1 Å². The minimum atomic E-state index is -1.68.